The van der Waals surface area contributed by atoms with Crippen LogP contribution in [0, 0.1) is 34.0 Å². The first kappa shape index (κ1) is 22.6. The Kier molecular flexibility index (Phi) is 5.82. The van der Waals surface area contributed by atoms with Crippen LogP contribution in [0.4, 0.5) is 0 Å². The molecule has 1 aliphatic heterocycles. The Morgan fingerprint density at radius 3 is 2.72 bits per heavy atom. The number of ether oxygens (including phenoxy) is 4. The molecule has 5 heteroatoms. The summed E-state index contributed by atoms with van der Waals surface area (Å²) in [5.74, 6) is 0.512. The molecule has 176 valence electrons. The first-order valence-electron chi connectivity index (χ1n) is 12.8. The second-order valence-corrected chi connectivity index (χ2v) is 10.7. The average molecular weight is 442 g/mol. The summed E-state index contributed by atoms with van der Waals surface area (Å²) >= 11 is 0. The van der Waals surface area contributed by atoms with Gasteiger partial charge in [0.15, 0.2) is 12.1 Å². The van der Waals surface area contributed by atoms with E-state index in [2.05, 4.69) is 26.0 Å². The zero-order chi connectivity index (χ0) is 22.6. The minimum absolute atomic E-state index is 0.0929. The molecule has 5 aliphatic rings. The standard InChI is InChI=1S/C27H39NO4/c1-5-26(17-28)12-10-23-21-8-7-19-16-27(30-13-14-31-27)24(32-18(3)29-6-2)15-22(19)20(21)9-11-25(23,26)4/h9,18,21,23-24H,5-8,10-16H2,1-4H3/t18?,21-,23+,24?,25+,26-/m1/s1. The molecule has 0 aromatic heterocycles. The van der Waals surface area contributed by atoms with Crippen molar-refractivity contribution in [3.63, 3.8) is 0 Å². The lowest BCUT2D eigenvalue weighted by molar-refractivity contribution is -0.275. The van der Waals surface area contributed by atoms with Gasteiger partial charge in [-0.05, 0) is 80.8 Å². The summed E-state index contributed by atoms with van der Waals surface area (Å²) < 4.78 is 24.5. The molecule has 6 atom stereocenters. The van der Waals surface area contributed by atoms with Crippen LogP contribution in [0.25, 0.3) is 0 Å². The highest BCUT2D eigenvalue weighted by Gasteiger charge is 2.61. The summed E-state index contributed by atoms with van der Waals surface area (Å²) in [6.45, 7) is 10.5. The van der Waals surface area contributed by atoms with E-state index >= 15 is 0 Å². The predicted octanol–water partition coefficient (Wildman–Crippen LogP) is 5.66. The van der Waals surface area contributed by atoms with E-state index in [0.717, 1.165) is 38.5 Å². The molecule has 1 spiro atoms. The van der Waals surface area contributed by atoms with Gasteiger partial charge in [0.05, 0.1) is 24.7 Å². The van der Waals surface area contributed by atoms with Crippen molar-refractivity contribution in [1.29, 1.82) is 5.26 Å². The Balaban J connectivity index is 1.47. The fourth-order valence-electron chi connectivity index (χ4n) is 7.90. The van der Waals surface area contributed by atoms with E-state index in [1.165, 1.54) is 24.0 Å². The molecular formula is C27H39NO4. The lowest BCUT2D eigenvalue weighted by Gasteiger charge is -2.51. The van der Waals surface area contributed by atoms with Crippen LogP contribution in [0.3, 0.4) is 0 Å². The zero-order valence-electron chi connectivity index (χ0n) is 20.2. The van der Waals surface area contributed by atoms with Crippen LogP contribution in [0.15, 0.2) is 22.8 Å². The van der Waals surface area contributed by atoms with Crippen LogP contribution in [-0.2, 0) is 18.9 Å². The van der Waals surface area contributed by atoms with Crippen LogP contribution in [0.5, 0.6) is 0 Å². The van der Waals surface area contributed by atoms with Gasteiger partial charge in [-0.3, -0.25) is 0 Å². The molecule has 5 nitrogen and oxygen atoms in total. The molecule has 4 aliphatic carbocycles. The van der Waals surface area contributed by atoms with Crippen molar-refractivity contribution >= 4 is 0 Å². The van der Waals surface area contributed by atoms with Gasteiger partial charge in [0.1, 0.15) is 6.10 Å². The first-order chi connectivity index (χ1) is 15.4. The molecule has 0 N–H and O–H groups in total. The van der Waals surface area contributed by atoms with Crippen LogP contribution in [-0.4, -0.2) is 38.0 Å². The molecule has 2 fully saturated rings. The van der Waals surface area contributed by atoms with Crippen molar-refractivity contribution in [2.45, 2.75) is 97.2 Å². The van der Waals surface area contributed by atoms with E-state index in [1.807, 2.05) is 13.8 Å². The molecule has 1 saturated carbocycles. The monoisotopic (exact) mass is 441 g/mol. The molecule has 32 heavy (non-hydrogen) atoms. The maximum Gasteiger partial charge on any atom is 0.199 e. The molecule has 1 saturated heterocycles. The van der Waals surface area contributed by atoms with Crippen molar-refractivity contribution in [2.75, 3.05) is 19.8 Å². The summed E-state index contributed by atoms with van der Waals surface area (Å²) in [5, 5.41) is 10.1. The van der Waals surface area contributed by atoms with Crippen LogP contribution in [0.2, 0.25) is 0 Å². The SMILES string of the molecule is CCOC(C)OC1CC2=C(CC[C@@H]3C2=CC[C@@]2(C)[C@H]3CC[C@@]2(C#N)CC)CC12OCCO2. The van der Waals surface area contributed by atoms with Gasteiger partial charge in [-0.1, -0.05) is 25.5 Å². The van der Waals surface area contributed by atoms with Crippen molar-refractivity contribution < 1.29 is 18.9 Å². The Labute approximate surface area is 193 Å². The lowest BCUT2D eigenvalue weighted by Crippen LogP contribution is -2.51. The molecule has 0 radical (unpaired) electrons. The third-order valence-electron chi connectivity index (χ3n) is 9.65. The van der Waals surface area contributed by atoms with Crippen molar-refractivity contribution in [3.05, 3.63) is 22.8 Å². The highest BCUT2D eigenvalue weighted by Crippen LogP contribution is 2.67. The number of rotatable bonds is 5. The molecule has 5 rings (SSSR count). The minimum Gasteiger partial charge on any atom is -0.353 e. The van der Waals surface area contributed by atoms with Gasteiger partial charge in [0, 0.05) is 19.4 Å². The molecule has 0 aromatic rings. The minimum atomic E-state index is -0.660. The van der Waals surface area contributed by atoms with Gasteiger partial charge in [-0.2, -0.15) is 5.26 Å². The van der Waals surface area contributed by atoms with Gasteiger partial charge in [0.25, 0.3) is 0 Å². The molecule has 1 heterocycles. The number of allylic oxidation sites excluding steroid dienone is 2. The van der Waals surface area contributed by atoms with Crippen LogP contribution >= 0.6 is 0 Å². The smallest absolute Gasteiger partial charge is 0.199 e. The van der Waals surface area contributed by atoms with Gasteiger partial charge in [-0.25, -0.2) is 0 Å². The van der Waals surface area contributed by atoms with Gasteiger partial charge in [-0.15, -0.1) is 0 Å². The largest absolute Gasteiger partial charge is 0.353 e. The summed E-state index contributed by atoms with van der Waals surface area (Å²) in [4.78, 5) is 0. The number of hydrogen-bond acceptors (Lipinski definition) is 5. The third-order valence-corrected chi connectivity index (χ3v) is 9.65. The third kappa shape index (κ3) is 3.17. The number of hydrogen-bond donors (Lipinski definition) is 0. The van der Waals surface area contributed by atoms with Gasteiger partial charge < -0.3 is 18.9 Å². The summed E-state index contributed by atoms with van der Waals surface area (Å²) in [7, 11) is 0. The molecule has 0 bridgehead atoms. The Hall–Kier alpha value is -1.19. The van der Waals surface area contributed by atoms with Crippen LogP contribution in [0.1, 0.15) is 79.1 Å². The second-order valence-electron chi connectivity index (χ2n) is 10.7. The van der Waals surface area contributed by atoms with Gasteiger partial charge in [0.2, 0.25) is 0 Å². The molecule has 2 unspecified atom stereocenters. The first-order valence-corrected chi connectivity index (χ1v) is 12.8. The number of nitriles is 1. The van der Waals surface area contributed by atoms with Crippen molar-refractivity contribution in [2.24, 2.45) is 22.7 Å². The highest BCUT2D eigenvalue weighted by atomic mass is 16.8. The summed E-state index contributed by atoms with van der Waals surface area (Å²) in [5.41, 5.74) is 4.46. The fraction of sp³-hybridized carbons (Fsp3) is 0.815. The topological polar surface area (TPSA) is 60.7 Å². The normalized spacial score (nSPS) is 41.0. The van der Waals surface area contributed by atoms with E-state index in [0.29, 0.717) is 31.7 Å². The van der Waals surface area contributed by atoms with Crippen molar-refractivity contribution in [3.8, 4) is 6.07 Å². The van der Waals surface area contributed by atoms with Gasteiger partial charge >= 0.3 is 0 Å². The number of fused-ring (bicyclic) bond motifs is 4. The maximum absolute atomic E-state index is 10.1. The maximum atomic E-state index is 10.1. The highest BCUT2D eigenvalue weighted by molar-refractivity contribution is 5.46. The van der Waals surface area contributed by atoms with E-state index in [9.17, 15) is 5.26 Å². The van der Waals surface area contributed by atoms with E-state index in [4.69, 9.17) is 18.9 Å². The average Bonchev–Trinajstić information content (AvgIpc) is 3.37. The molecule has 0 amide bonds. The van der Waals surface area contributed by atoms with Crippen LogP contribution < -0.4 is 0 Å². The molecular weight excluding hydrogens is 402 g/mol. The summed E-state index contributed by atoms with van der Waals surface area (Å²) in [6.07, 6.45) is 10.2. The quantitative estimate of drug-likeness (QED) is 0.515. The second kappa shape index (κ2) is 8.24. The Morgan fingerprint density at radius 2 is 2.03 bits per heavy atom. The number of nitrogens with zero attached hydrogens (tertiary/aromatic N) is 1. The summed E-state index contributed by atoms with van der Waals surface area (Å²) in [6, 6.07) is 2.78. The zero-order valence-corrected chi connectivity index (χ0v) is 20.2. The Morgan fingerprint density at radius 1 is 1.25 bits per heavy atom. The lowest BCUT2D eigenvalue weighted by atomic mass is 9.53. The molecule has 0 aromatic carbocycles. The van der Waals surface area contributed by atoms with E-state index < -0.39 is 5.79 Å². The van der Waals surface area contributed by atoms with E-state index in [-0.39, 0.29) is 23.2 Å². The Bertz CT molecular complexity index is 850. The van der Waals surface area contributed by atoms with Crippen molar-refractivity contribution in [1.82, 2.24) is 0 Å². The fourth-order valence-corrected chi connectivity index (χ4v) is 7.90. The van der Waals surface area contributed by atoms with E-state index in [1.54, 1.807) is 5.57 Å². The predicted molar refractivity (Wildman–Crippen MR) is 121 cm³/mol.